The van der Waals surface area contributed by atoms with Gasteiger partial charge in [0.2, 0.25) is 5.91 Å². The van der Waals surface area contributed by atoms with Crippen molar-refractivity contribution in [3.8, 4) is 0 Å². The number of nitrogens with one attached hydrogen (secondary N) is 1. The first-order valence-corrected chi connectivity index (χ1v) is 7.09. The van der Waals surface area contributed by atoms with Gasteiger partial charge in [0.15, 0.2) is 5.17 Å². The minimum atomic E-state index is -0.0405. The highest BCUT2D eigenvalue weighted by molar-refractivity contribution is 14.1. The van der Waals surface area contributed by atoms with Gasteiger partial charge in [-0.25, -0.2) is 0 Å². The number of amidine groups is 1. The van der Waals surface area contributed by atoms with E-state index in [1.54, 1.807) is 6.21 Å². The lowest BCUT2D eigenvalue weighted by molar-refractivity contribution is -0.116. The molecule has 7 heteroatoms. The third-order valence-corrected chi connectivity index (χ3v) is 4.61. The van der Waals surface area contributed by atoms with Crippen LogP contribution in [0.3, 0.4) is 0 Å². The molecule has 0 aliphatic carbocycles. The van der Waals surface area contributed by atoms with Crippen LogP contribution in [0.5, 0.6) is 0 Å². The minimum absolute atomic E-state index is 0.0405. The van der Waals surface area contributed by atoms with Gasteiger partial charge in [-0.1, -0.05) is 35.5 Å². The van der Waals surface area contributed by atoms with E-state index in [0.29, 0.717) is 15.9 Å². The normalized spacial score (nSPS) is 18.0. The summed E-state index contributed by atoms with van der Waals surface area (Å²) in [5.74, 6) is 0.365. The molecule has 0 spiro atoms. The van der Waals surface area contributed by atoms with E-state index in [1.807, 2.05) is 18.2 Å². The van der Waals surface area contributed by atoms with E-state index in [-0.39, 0.29) is 5.91 Å². The zero-order chi connectivity index (χ0) is 12.3. The third kappa shape index (κ3) is 3.43. The molecule has 0 saturated carbocycles. The monoisotopic (exact) mass is 379 g/mol. The summed E-state index contributed by atoms with van der Waals surface area (Å²) in [6, 6.07) is 5.57. The Labute approximate surface area is 121 Å². The quantitative estimate of drug-likeness (QED) is 0.488. The molecule has 1 heterocycles. The smallest absolute Gasteiger partial charge is 0.236 e. The van der Waals surface area contributed by atoms with Crippen LogP contribution in [0.4, 0.5) is 0 Å². The van der Waals surface area contributed by atoms with Crippen molar-refractivity contribution in [2.75, 3.05) is 5.75 Å². The van der Waals surface area contributed by atoms with Gasteiger partial charge in [0.05, 0.1) is 17.0 Å². The summed E-state index contributed by atoms with van der Waals surface area (Å²) >= 11 is 9.46. The summed E-state index contributed by atoms with van der Waals surface area (Å²) in [5.41, 5.74) is 0.900. The molecular formula is C10H7ClIN3OS. The highest BCUT2D eigenvalue weighted by Crippen LogP contribution is 2.20. The Kier molecular flexibility index (Phi) is 4.41. The molecule has 1 aliphatic rings. The summed E-state index contributed by atoms with van der Waals surface area (Å²) in [4.78, 5) is 10.9. The number of benzene rings is 1. The van der Waals surface area contributed by atoms with E-state index >= 15 is 0 Å². The van der Waals surface area contributed by atoms with Crippen molar-refractivity contribution in [1.82, 2.24) is 5.32 Å². The van der Waals surface area contributed by atoms with Crippen LogP contribution >= 0.6 is 46.0 Å². The summed E-state index contributed by atoms with van der Waals surface area (Å²) in [7, 11) is 0. The van der Waals surface area contributed by atoms with Gasteiger partial charge in [0, 0.05) is 9.13 Å². The molecule has 1 amide bonds. The number of carbonyl (C=O) groups excluding carboxylic acids is 1. The molecule has 1 saturated heterocycles. The number of carbonyl (C=O) groups is 1. The van der Waals surface area contributed by atoms with Crippen LogP contribution in [0.2, 0.25) is 5.02 Å². The lowest BCUT2D eigenvalue weighted by Gasteiger charge is -1.98. The van der Waals surface area contributed by atoms with E-state index < -0.39 is 0 Å². The number of rotatable bonds is 2. The maximum absolute atomic E-state index is 10.9. The van der Waals surface area contributed by atoms with Gasteiger partial charge < -0.3 is 5.32 Å². The molecule has 4 nitrogen and oxygen atoms in total. The molecule has 2 rings (SSSR count). The van der Waals surface area contributed by atoms with Crippen molar-refractivity contribution in [2.45, 2.75) is 0 Å². The Bertz CT molecular complexity index is 518. The van der Waals surface area contributed by atoms with Gasteiger partial charge in [-0.05, 0) is 28.7 Å². The van der Waals surface area contributed by atoms with Crippen LogP contribution in [0.15, 0.2) is 28.4 Å². The fraction of sp³-hybridized carbons (Fsp3) is 0.100. The Morgan fingerprint density at radius 3 is 3.06 bits per heavy atom. The van der Waals surface area contributed by atoms with Gasteiger partial charge in [0.1, 0.15) is 0 Å². The predicted octanol–water partition coefficient (Wildman–Crippen LogP) is 2.50. The van der Waals surface area contributed by atoms with E-state index in [2.05, 4.69) is 38.1 Å². The van der Waals surface area contributed by atoms with E-state index in [9.17, 15) is 4.79 Å². The van der Waals surface area contributed by atoms with Crippen LogP contribution in [-0.2, 0) is 4.79 Å². The highest BCUT2D eigenvalue weighted by Gasteiger charge is 2.15. The van der Waals surface area contributed by atoms with Crippen LogP contribution in [-0.4, -0.2) is 23.0 Å². The number of thioether (sulfide) groups is 1. The Morgan fingerprint density at radius 1 is 1.53 bits per heavy atom. The molecule has 1 aromatic carbocycles. The van der Waals surface area contributed by atoms with Gasteiger partial charge in [0.25, 0.3) is 0 Å². The van der Waals surface area contributed by atoms with Crippen LogP contribution in [0.1, 0.15) is 5.56 Å². The molecule has 17 heavy (non-hydrogen) atoms. The molecule has 1 aromatic rings. The average Bonchev–Trinajstić information content (AvgIpc) is 2.70. The van der Waals surface area contributed by atoms with Crippen molar-refractivity contribution < 1.29 is 4.79 Å². The fourth-order valence-electron chi connectivity index (χ4n) is 1.14. The third-order valence-electron chi connectivity index (χ3n) is 1.91. The Hall–Kier alpha value is -0.600. The minimum Gasteiger partial charge on any atom is -0.303 e. The van der Waals surface area contributed by atoms with Crippen molar-refractivity contribution in [1.29, 1.82) is 0 Å². The van der Waals surface area contributed by atoms with Crippen LogP contribution in [0, 0.1) is 3.57 Å². The van der Waals surface area contributed by atoms with Crippen LogP contribution in [0.25, 0.3) is 0 Å². The molecule has 0 atom stereocenters. The second-order valence-electron chi connectivity index (χ2n) is 3.13. The summed E-state index contributed by atoms with van der Waals surface area (Å²) in [6.07, 6.45) is 1.62. The highest BCUT2D eigenvalue weighted by atomic mass is 127. The number of nitrogens with zero attached hydrogens (tertiary/aromatic N) is 2. The first-order chi connectivity index (χ1) is 8.16. The topological polar surface area (TPSA) is 53.8 Å². The summed E-state index contributed by atoms with van der Waals surface area (Å²) in [5, 5.41) is 11.6. The molecule has 0 unspecified atom stereocenters. The van der Waals surface area contributed by atoms with Gasteiger partial charge >= 0.3 is 0 Å². The Balaban J connectivity index is 2.11. The second-order valence-corrected chi connectivity index (χ2v) is 5.58. The maximum atomic E-state index is 10.9. The zero-order valence-electron chi connectivity index (χ0n) is 8.48. The Morgan fingerprint density at radius 2 is 2.35 bits per heavy atom. The van der Waals surface area contributed by atoms with Crippen molar-refractivity contribution in [3.63, 3.8) is 0 Å². The van der Waals surface area contributed by atoms with Crippen molar-refractivity contribution in [2.24, 2.45) is 10.2 Å². The lowest BCUT2D eigenvalue weighted by atomic mass is 10.2. The van der Waals surface area contributed by atoms with Gasteiger partial charge in [-0.2, -0.15) is 5.10 Å². The largest absolute Gasteiger partial charge is 0.303 e. The zero-order valence-corrected chi connectivity index (χ0v) is 12.2. The molecule has 1 aliphatic heterocycles. The molecule has 88 valence electrons. The van der Waals surface area contributed by atoms with Crippen molar-refractivity contribution >= 4 is 63.2 Å². The summed E-state index contributed by atoms with van der Waals surface area (Å²) in [6.45, 7) is 0. The molecule has 0 bridgehead atoms. The van der Waals surface area contributed by atoms with E-state index in [4.69, 9.17) is 11.6 Å². The van der Waals surface area contributed by atoms with Crippen molar-refractivity contribution in [3.05, 3.63) is 32.4 Å². The average molecular weight is 380 g/mol. The molecule has 1 N–H and O–H groups in total. The number of amides is 1. The van der Waals surface area contributed by atoms with E-state index in [0.717, 1.165) is 9.13 Å². The summed E-state index contributed by atoms with van der Waals surface area (Å²) < 4.78 is 0.929. The molecule has 0 aromatic heterocycles. The SMILES string of the molecule is O=C1CSC(=NN=Cc2cccc(Cl)c2I)N1. The molecule has 1 fully saturated rings. The van der Waals surface area contributed by atoms with Gasteiger partial charge in [-0.15, -0.1) is 5.10 Å². The standard InChI is InChI=1S/C10H7ClIN3OS/c11-7-3-1-2-6(9(7)12)4-13-15-10-14-8(16)5-17-10/h1-4H,5H2,(H,14,15,16). The number of halogens is 2. The maximum Gasteiger partial charge on any atom is 0.236 e. The fourth-order valence-corrected chi connectivity index (χ4v) is 2.45. The number of hydrogen-bond acceptors (Lipinski definition) is 4. The van der Waals surface area contributed by atoms with Gasteiger partial charge in [-0.3, -0.25) is 4.79 Å². The molecule has 0 radical (unpaired) electrons. The lowest BCUT2D eigenvalue weighted by Crippen LogP contribution is -2.19. The van der Waals surface area contributed by atoms with E-state index in [1.165, 1.54) is 11.8 Å². The number of hydrogen-bond donors (Lipinski definition) is 1. The predicted molar refractivity (Wildman–Crippen MR) is 79.8 cm³/mol. The first kappa shape index (κ1) is 12.8. The first-order valence-electron chi connectivity index (χ1n) is 4.64. The second kappa shape index (κ2) is 5.83. The molecular weight excluding hydrogens is 373 g/mol. The van der Waals surface area contributed by atoms with Crippen LogP contribution < -0.4 is 5.32 Å².